The van der Waals surface area contributed by atoms with E-state index in [-0.39, 0.29) is 0 Å². The molecular formula is C6H14N4. The molecule has 0 saturated carbocycles. The zero-order valence-corrected chi connectivity index (χ0v) is 6.01. The number of nitriles is 1. The van der Waals surface area contributed by atoms with Gasteiger partial charge in [0.05, 0.1) is 11.7 Å². The van der Waals surface area contributed by atoms with E-state index in [0.717, 1.165) is 0 Å². The van der Waals surface area contributed by atoms with Crippen LogP contribution in [-0.4, -0.2) is 12.2 Å². The van der Waals surface area contributed by atoms with Gasteiger partial charge in [-0.2, -0.15) is 5.26 Å². The lowest BCUT2D eigenvalue weighted by Gasteiger charge is -2.21. The van der Waals surface area contributed by atoms with Gasteiger partial charge in [0, 0.05) is 6.42 Å². The van der Waals surface area contributed by atoms with Gasteiger partial charge in [0.1, 0.15) is 0 Å². The summed E-state index contributed by atoms with van der Waals surface area (Å²) in [6, 6.07) is 1.98. The standard InChI is InChI=1S/C6H14N4/c7-4-1-2-6(9,10)3-5-8/h1-3,5,8-10H2. The van der Waals surface area contributed by atoms with Gasteiger partial charge in [-0.05, 0) is 19.4 Å². The van der Waals surface area contributed by atoms with Crippen molar-refractivity contribution in [2.45, 2.75) is 24.9 Å². The van der Waals surface area contributed by atoms with E-state index in [0.29, 0.717) is 25.8 Å². The topological polar surface area (TPSA) is 102 Å². The summed E-state index contributed by atoms with van der Waals surface area (Å²) in [7, 11) is 0. The second kappa shape index (κ2) is 4.23. The summed E-state index contributed by atoms with van der Waals surface area (Å²) in [5.74, 6) is 0. The number of nitrogens with two attached hydrogens (primary N) is 3. The van der Waals surface area contributed by atoms with Crippen molar-refractivity contribution in [3.63, 3.8) is 0 Å². The van der Waals surface area contributed by atoms with Crippen LogP contribution in [0.2, 0.25) is 0 Å². The normalized spacial score (nSPS) is 11.0. The highest BCUT2D eigenvalue weighted by Gasteiger charge is 2.16. The van der Waals surface area contributed by atoms with Crippen LogP contribution < -0.4 is 17.2 Å². The van der Waals surface area contributed by atoms with Crippen molar-refractivity contribution in [3.8, 4) is 6.07 Å². The monoisotopic (exact) mass is 142 g/mol. The van der Waals surface area contributed by atoms with Gasteiger partial charge in [0.15, 0.2) is 0 Å². The van der Waals surface area contributed by atoms with E-state index >= 15 is 0 Å². The predicted octanol–water partition coefficient (Wildman–Crippen LogP) is -0.747. The number of hydrogen-bond acceptors (Lipinski definition) is 4. The molecule has 0 aromatic rings. The maximum absolute atomic E-state index is 8.21. The van der Waals surface area contributed by atoms with Crippen LogP contribution in [0.15, 0.2) is 0 Å². The summed E-state index contributed by atoms with van der Waals surface area (Å²) in [4.78, 5) is 0. The highest BCUT2D eigenvalue weighted by atomic mass is 15.0. The Hall–Kier alpha value is -0.630. The average molecular weight is 142 g/mol. The Morgan fingerprint density at radius 1 is 1.30 bits per heavy atom. The molecule has 0 aliphatic heterocycles. The van der Waals surface area contributed by atoms with Crippen molar-refractivity contribution < 1.29 is 0 Å². The molecule has 58 valence electrons. The second-order valence-corrected chi connectivity index (χ2v) is 2.43. The third kappa shape index (κ3) is 4.27. The van der Waals surface area contributed by atoms with Gasteiger partial charge in [-0.15, -0.1) is 0 Å². The van der Waals surface area contributed by atoms with Crippen LogP contribution in [0.5, 0.6) is 0 Å². The van der Waals surface area contributed by atoms with Gasteiger partial charge in [0.25, 0.3) is 0 Å². The number of hydrogen-bond donors (Lipinski definition) is 3. The van der Waals surface area contributed by atoms with E-state index in [1.54, 1.807) is 0 Å². The molecule has 0 radical (unpaired) electrons. The minimum absolute atomic E-state index is 0.396. The molecule has 6 N–H and O–H groups in total. The molecule has 0 rings (SSSR count). The first-order valence-corrected chi connectivity index (χ1v) is 3.27. The molecular weight excluding hydrogens is 128 g/mol. The molecule has 0 unspecified atom stereocenters. The number of rotatable bonds is 4. The van der Waals surface area contributed by atoms with Crippen molar-refractivity contribution in [2.24, 2.45) is 17.2 Å². The molecule has 0 aromatic heterocycles. The van der Waals surface area contributed by atoms with Crippen LogP contribution in [-0.2, 0) is 0 Å². The van der Waals surface area contributed by atoms with E-state index < -0.39 is 5.66 Å². The van der Waals surface area contributed by atoms with E-state index in [2.05, 4.69) is 0 Å². The number of nitrogens with zero attached hydrogens (tertiary/aromatic N) is 1. The molecule has 0 atom stereocenters. The molecule has 10 heavy (non-hydrogen) atoms. The Labute approximate surface area is 61.0 Å². The molecule has 0 spiro atoms. The van der Waals surface area contributed by atoms with Crippen LogP contribution >= 0.6 is 0 Å². The molecule has 0 bridgehead atoms. The Morgan fingerprint density at radius 2 is 1.90 bits per heavy atom. The van der Waals surface area contributed by atoms with Crippen LogP contribution in [0.3, 0.4) is 0 Å². The van der Waals surface area contributed by atoms with Crippen LogP contribution in [0.25, 0.3) is 0 Å². The van der Waals surface area contributed by atoms with E-state index in [9.17, 15) is 0 Å². The van der Waals surface area contributed by atoms with E-state index in [4.69, 9.17) is 22.5 Å². The minimum Gasteiger partial charge on any atom is -0.330 e. The molecule has 0 aliphatic rings. The van der Waals surface area contributed by atoms with Crippen molar-refractivity contribution in [2.75, 3.05) is 6.54 Å². The summed E-state index contributed by atoms with van der Waals surface area (Å²) < 4.78 is 0. The van der Waals surface area contributed by atoms with Crippen molar-refractivity contribution in [3.05, 3.63) is 0 Å². The van der Waals surface area contributed by atoms with Crippen molar-refractivity contribution in [1.82, 2.24) is 0 Å². The summed E-state index contributed by atoms with van der Waals surface area (Å²) in [5, 5.41) is 8.21. The molecule has 4 heteroatoms. The Morgan fingerprint density at radius 3 is 2.30 bits per heavy atom. The van der Waals surface area contributed by atoms with Gasteiger partial charge >= 0.3 is 0 Å². The van der Waals surface area contributed by atoms with Gasteiger partial charge in [0.2, 0.25) is 0 Å². The first kappa shape index (κ1) is 9.37. The maximum atomic E-state index is 8.21. The van der Waals surface area contributed by atoms with Gasteiger partial charge in [-0.25, -0.2) is 0 Å². The third-order valence-corrected chi connectivity index (χ3v) is 1.31. The van der Waals surface area contributed by atoms with E-state index in [1.807, 2.05) is 6.07 Å². The molecule has 0 aliphatic carbocycles. The first-order chi connectivity index (χ1) is 4.62. The largest absolute Gasteiger partial charge is 0.330 e. The Bertz CT molecular complexity index is 124. The SMILES string of the molecule is N#CCCC(N)(N)CCN. The van der Waals surface area contributed by atoms with Gasteiger partial charge in [-0.3, -0.25) is 0 Å². The van der Waals surface area contributed by atoms with Crippen LogP contribution in [0.4, 0.5) is 0 Å². The minimum atomic E-state index is -0.746. The maximum Gasteiger partial charge on any atom is 0.0658 e. The lowest BCUT2D eigenvalue weighted by Crippen LogP contribution is -2.50. The fourth-order valence-corrected chi connectivity index (χ4v) is 0.682. The molecule has 0 aromatic carbocycles. The lowest BCUT2D eigenvalue weighted by molar-refractivity contribution is 0.389. The van der Waals surface area contributed by atoms with Crippen LogP contribution in [0.1, 0.15) is 19.3 Å². The fourth-order valence-electron chi connectivity index (χ4n) is 0.682. The zero-order valence-electron chi connectivity index (χ0n) is 6.01. The molecule has 0 saturated heterocycles. The van der Waals surface area contributed by atoms with Gasteiger partial charge in [-0.1, -0.05) is 0 Å². The Balaban J connectivity index is 3.54. The highest BCUT2D eigenvalue weighted by molar-refractivity contribution is 4.82. The van der Waals surface area contributed by atoms with Crippen molar-refractivity contribution in [1.29, 1.82) is 5.26 Å². The smallest absolute Gasteiger partial charge is 0.0658 e. The molecule has 0 amide bonds. The summed E-state index contributed by atoms with van der Waals surface area (Å²) in [6.07, 6.45) is 1.47. The summed E-state index contributed by atoms with van der Waals surface area (Å²) >= 11 is 0. The van der Waals surface area contributed by atoms with Crippen molar-refractivity contribution >= 4 is 0 Å². The first-order valence-electron chi connectivity index (χ1n) is 3.27. The molecule has 0 heterocycles. The lowest BCUT2D eigenvalue weighted by atomic mass is 10.0. The van der Waals surface area contributed by atoms with Crippen LogP contribution in [0, 0.1) is 11.3 Å². The summed E-state index contributed by atoms with van der Waals surface area (Å²) in [6.45, 7) is 0.471. The average Bonchev–Trinajstić information content (AvgIpc) is 1.84. The summed E-state index contributed by atoms with van der Waals surface area (Å²) in [5.41, 5.74) is 15.6. The quantitative estimate of drug-likeness (QED) is 0.449. The molecule has 0 fully saturated rings. The molecule has 4 nitrogen and oxygen atoms in total. The third-order valence-electron chi connectivity index (χ3n) is 1.31. The van der Waals surface area contributed by atoms with E-state index in [1.165, 1.54) is 0 Å². The highest BCUT2D eigenvalue weighted by Crippen LogP contribution is 2.04. The fraction of sp³-hybridized carbons (Fsp3) is 0.833. The second-order valence-electron chi connectivity index (χ2n) is 2.43. The Kier molecular flexibility index (Phi) is 3.96. The van der Waals surface area contributed by atoms with Gasteiger partial charge < -0.3 is 17.2 Å². The predicted molar refractivity (Wildman–Crippen MR) is 39.6 cm³/mol. The zero-order chi connectivity index (χ0) is 8.04.